The summed E-state index contributed by atoms with van der Waals surface area (Å²) in [7, 11) is 0. The van der Waals surface area contributed by atoms with E-state index in [2.05, 4.69) is 5.32 Å². The minimum atomic E-state index is -0.0498. The quantitative estimate of drug-likeness (QED) is 0.489. The molecule has 1 saturated carbocycles. The summed E-state index contributed by atoms with van der Waals surface area (Å²) in [4.78, 5) is 0. The van der Waals surface area contributed by atoms with Gasteiger partial charge in [-0.3, -0.25) is 0 Å². The largest absolute Gasteiger partial charge is 0.391 e. The monoisotopic (exact) mass is 127 g/mol. The lowest BCUT2D eigenvalue weighted by atomic mass is 9.74. The van der Waals surface area contributed by atoms with E-state index in [1.165, 1.54) is 19.3 Å². The zero-order valence-corrected chi connectivity index (χ0v) is 5.56. The summed E-state index contributed by atoms with van der Waals surface area (Å²) in [6.45, 7) is 1.02. The van der Waals surface area contributed by atoms with Gasteiger partial charge in [0, 0.05) is 5.54 Å². The maximum atomic E-state index is 9.44. The third-order valence-electron chi connectivity index (χ3n) is 2.78. The summed E-state index contributed by atoms with van der Waals surface area (Å²) in [5.41, 5.74) is 0.181. The van der Waals surface area contributed by atoms with Gasteiger partial charge in [0.05, 0.1) is 6.10 Å². The van der Waals surface area contributed by atoms with Gasteiger partial charge in [0.1, 0.15) is 0 Å². The number of aliphatic hydroxyl groups excluding tert-OH is 1. The van der Waals surface area contributed by atoms with Crippen LogP contribution < -0.4 is 5.32 Å². The maximum Gasteiger partial charge on any atom is 0.0733 e. The number of aliphatic hydroxyl groups is 1. The van der Waals surface area contributed by atoms with Gasteiger partial charge >= 0.3 is 0 Å². The number of hydrogen-bond acceptors (Lipinski definition) is 2. The van der Waals surface area contributed by atoms with Gasteiger partial charge in [-0.15, -0.1) is 0 Å². The molecule has 1 aliphatic heterocycles. The second kappa shape index (κ2) is 1.70. The molecule has 9 heavy (non-hydrogen) atoms. The lowest BCUT2D eigenvalue weighted by Crippen LogP contribution is -2.53. The molecule has 52 valence electrons. The molecule has 1 unspecified atom stereocenters. The molecule has 1 atom stereocenters. The summed E-state index contributed by atoms with van der Waals surface area (Å²) in [5.74, 6) is 0. The first-order chi connectivity index (χ1) is 4.33. The Balaban J connectivity index is 2.09. The standard InChI is InChI=1S/C7H13NO/c9-6-2-5-8-7(6)3-1-4-7/h6,8-9H,1-5H2. The highest BCUT2D eigenvalue weighted by Crippen LogP contribution is 2.38. The summed E-state index contributed by atoms with van der Waals surface area (Å²) >= 11 is 0. The van der Waals surface area contributed by atoms with Crippen LogP contribution in [0.1, 0.15) is 25.7 Å². The fraction of sp³-hybridized carbons (Fsp3) is 1.00. The van der Waals surface area contributed by atoms with Gasteiger partial charge in [-0.05, 0) is 32.2 Å². The van der Waals surface area contributed by atoms with E-state index < -0.39 is 0 Å². The Kier molecular flexibility index (Phi) is 1.08. The molecule has 2 heteroatoms. The normalized spacial score (nSPS) is 39.0. The minimum Gasteiger partial charge on any atom is -0.391 e. The van der Waals surface area contributed by atoms with Crippen molar-refractivity contribution >= 4 is 0 Å². The first-order valence-corrected chi connectivity index (χ1v) is 3.77. The topological polar surface area (TPSA) is 32.3 Å². The van der Waals surface area contributed by atoms with Gasteiger partial charge in [0.25, 0.3) is 0 Å². The van der Waals surface area contributed by atoms with E-state index in [1.54, 1.807) is 0 Å². The van der Waals surface area contributed by atoms with Crippen LogP contribution in [0.15, 0.2) is 0 Å². The number of rotatable bonds is 0. The van der Waals surface area contributed by atoms with E-state index in [-0.39, 0.29) is 11.6 Å². The van der Waals surface area contributed by atoms with Gasteiger partial charge in [-0.1, -0.05) is 0 Å². The zero-order valence-electron chi connectivity index (χ0n) is 5.56. The highest BCUT2D eigenvalue weighted by atomic mass is 16.3. The summed E-state index contributed by atoms with van der Waals surface area (Å²) in [5, 5.41) is 12.8. The molecular formula is C7H13NO. The first-order valence-electron chi connectivity index (χ1n) is 3.77. The minimum absolute atomic E-state index is 0.0498. The van der Waals surface area contributed by atoms with Crippen LogP contribution in [0, 0.1) is 0 Å². The van der Waals surface area contributed by atoms with Crippen molar-refractivity contribution in [1.29, 1.82) is 0 Å². The molecular weight excluding hydrogens is 114 g/mol. The van der Waals surface area contributed by atoms with Crippen molar-refractivity contribution < 1.29 is 5.11 Å². The third-order valence-corrected chi connectivity index (χ3v) is 2.78. The molecule has 2 nitrogen and oxygen atoms in total. The van der Waals surface area contributed by atoms with Crippen LogP contribution in [0.4, 0.5) is 0 Å². The second-order valence-electron chi connectivity index (χ2n) is 3.24. The first kappa shape index (κ1) is 5.69. The molecule has 0 bridgehead atoms. The average molecular weight is 127 g/mol. The molecule has 0 aromatic heterocycles. The predicted octanol–water partition coefficient (Wildman–Crippen LogP) is 0.263. The predicted molar refractivity (Wildman–Crippen MR) is 35.2 cm³/mol. The van der Waals surface area contributed by atoms with Crippen molar-refractivity contribution in [2.24, 2.45) is 0 Å². The van der Waals surface area contributed by atoms with Crippen LogP contribution in [-0.2, 0) is 0 Å². The van der Waals surface area contributed by atoms with E-state index in [9.17, 15) is 5.11 Å². The summed E-state index contributed by atoms with van der Waals surface area (Å²) in [6, 6.07) is 0. The summed E-state index contributed by atoms with van der Waals surface area (Å²) in [6.07, 6.45) is 4.58. The Bertz CT molecular complexity index is 120. The molecule has 0 aromatic rings. The Morgan fingerprint density at radius 3 is 2.44 bits per heavy atom. The van der Waals surface area contributed by atoms with Crippen LogP contribution in [0.2, 0.25) is 0 Å². The van der Waals surface area contributed by atoms with Crippen LogP contribution in [-0.4, -0.2) is 23.3 Å². The molecule has 1 spiro atoms. The van der Waals surface area contributed by atoms with Crippen molar-refractivity contribution in [2.45, 2.75) is 37.3 Å². The Hall–Kier alpha value is -0.0800. The molecule has 0 radical (unpaired) electrons. The molecule has 2 rings (SSSR count). The van der Waals surface area contributed by atoms with Crippen molar-refractivity contribution in [3.63, 3.8) is 0 Å². The lowest BCUT2D eigenvalue weighted by molar-refractivity contribution is 0.0446. The third kappa shape index (κ3) is 0.634. The highest BCUT2D eigenvalue weighted by Gasteiger charge is 2.45. The van der Waals surface area contributed by atoms with Crippen LogP contribution >= 0.6 is 0 Å². The van der Waals surface area contributed by atoms with Crippen molar-refractivity contribution in [3.8, 4) is 0 Å². The number of nitrogens with one attached hydrogen (secondary N) is 1. The number of hydrogen-bond donors (Lipinski definition) is 2. The SMILES string of the molecule is OC1CCNC12CCC2. The highest BCUT2D eigenvalue weighted by molar-refractivity contribution is 5.05. The maximum absolute atomic E-state index is 9.44. The van der Waals surface area contributed by atoms with E-state index >= 15 is 0 Å². The fourth-order valence-corrected chi connectivity index (χ4v) is 1.92. The smallest absolute Gasteiger partial charge is 0.0733 e. The van der Waals surface area contributed by atoms with E-state index in [1.807, 2.05) is 0 Å². The van der Waals surface area contributed by atoms with Gasteiger partial charge < -0.3 is 10.4 Å². The van der Waals surface area contributed by atoms with Gasteiger partial charge in [-0.25, -0.2) is 0 Å². The Morgan fingerprint density at radius 1 is 1.44 bits per heavy atom. The molecule has 0 aromatic carbocycles. The van der Waals surface area contributed by atoms with Crippen LogP contribution in [0.3, 0.4) is 0 Å². The summed E-state index contributed by atoms with van der Waals surface area (Å²) < 4.78 is 0. The molecule has 1 heterocycles. The van der Waals surface area contributed by atoms with Crippen molar-refractivity contribution in [3.05, 3.63) is 0 Å². The molecule has 2 N–H and O–H groups in total. The molecule has 2 fully saturated rings. The Labute approximate surface area is 55.3 Å². The Morgan fingerprint density at radius 2 is 2.22 bits per heavy atom. The van der Waals surface area contributed by atoms with Gasteiger partial charge in [0.2, 0.25) is 0 Å². The zero-order chi connectivity index (χ0) is 6.32. The second-order valence-corrected chi connectivity index (χ2v) is 3.24. The van der Waals surface area contributed by atoms with Crippen LogP contribution in [0.5, 0.6) is 0 Å². The van der Waals surface area contributed by atoms with E-state index in [0.717, 1.165) is 13.0 Å². The molecule has 1 aliphatic carbocycles. The molecule has 1 saturated heterocycles. The lowest BCUT2D eigenvalue weighted by Gasteiger charge is -2.41. The van der Waals surface area contributed by atoms with E-state index in [0.29, 0.717) is 0 Å². The van der Waals surface area contributed by atoms with E-state index in [4.69, 9.17) is 0 Å². The van der Waals surface area contributed by atoms with Crippen molar-refractivity contribution in [2.75, 3.05) is 6.54 Å². The van der Waals surface area contributed by atoms with Gasteiger partial charge in [0.15, 0.2) is 0 Å². The van der Waals surface area contributed by atoms with Crippen molar-refractivity contribution in [1.82, 2.24) is 5.32 Å². The van der Waals surface area contributed by atoms with Crippen LogP contribution in [0.25, 0.3) is 0 Å². The average Bonchev–Trinajstić information content (AvgIpc) is 2.07. The molecule has 0 amide bonds. The fourth-order valence-electron chi connectivity index (χ4n) is 1.92. The molecule has 2 aliphatic rings. The van der Waals surface area contributed by atoms with Gasteiger partial charge in [-0.2, -0.15) is 0 Å².